The number of nitrogens with zero attached hydrogens (tertiary/aromatic N) is 2. The summed E-state index contributed by atoms with van der Waals surface area (Å²) in [5.74, 6) is 0.252. The third-order valence-electron chi connectivity index (χ3n) is 4.34. The molecule has 0 aliphatic carbocycles. The van der Waals surface area contributed by atoms with Crippen molar-refractivity contribution >= 4 is 19.9 Å². The summed E-state index contributed by atoms with van der Waals surface area (Å²) in [5, 5.41) is 0. The largest absolute Gasteiger partial charge is 0.287 e. The van der Waals surface area contributed by atoms with Gasteiger partial charge in [0.25, 0.3) is 0 Å². The summed E-state index contributed by atoms with van der Waals surface area (Å²) in [6, 6.07) is 0.120. The minimum absolute atomic E-state index is 0.0313. The van der Waals surface area contributed by atoms with Gasteiger partial charge >= 0.3 is 0 Å². The Morgan fingerprint density at radius 1 is 1.04 bits per heavy atom. The van der Waals surface area contributed by atoms with Crippen LogP contribution in [0.1, 0.15) is 47.5 Å². The van der Waals surface area contributed by atoms with Crippen molar-refractivity contribution in [3.63, 3.8) is 0 Å². The van der Waals surface area contributed by atoms with Gasteiger partial charge in [-0.05, 0) is 40.0 Å². The third kappa shape index (κ3) is 8.47. The Bertz CT molecular complexity index is 568. The van der Waals surface area contributed by atoms with Crippen LogP contribution in [0.4, 0.5) is 0 Å². The zero-order chi connectivity index (χ0) is 18.6. The lowest BCUT2D eigenvalue weighted by atomic mass is 9.88. The molecular formula is C15H34N2O4S2. The van der Waals surface area contributed by atoms with E-state index in [1.165, 1.54) is 16.8 Å². The van der Waals surface area contributed by atoms with Crippen LogP contribution in [0.25, 0.3) is 0 Å². The Morgan fingerprint density at radius 2 is 1.52 bits per heavy atom. The molecule has 0 saturated carbocycles. The molecule has 6 nitrogen and oxygen atoms in total. The van der Waals surface area contributed by atoms with Crippen LogP contribution in [0.3, 0.4) is 0 Å². The van der Waals surface area contributed by atoms with Gasteiger partial charge in [0.15, 0.2) is 9.84 Å². The molecule has 0 rings (SSSR count). The average Bonchev–Trinajstić information content (AvgIpc) is 2.32. The van der Waals surface area contributed by atoms with Gasteiger partial charge in [-0.1, -0.05) is 13.3 Å². The highest BCUT2D eigenvalue weighted by molar-refractivity contribution is 7.90. The summed E-state index contributed by atoms with van der Waals surface area (Å²) in [6.07, 6.45) is 4.00. The van der Waals surface area contributed by atoms with E-state index in [1.54, 1.807) is 7.05 Å². The summed E-state index contributed by atoms with van der Waals surface area (Å²) in [4.78, 5) is 1.94. The van der Waals surface area contributed by atoms with Crippen LogP contribution >= 0.6 is 0 Å². The van der Waals surface area contributed by atoms with Crippen LogP contribution in [-0.4, -0.2) is 69.6 Å². The summed E-state index contributed by atoms with van der Waals surface area (Å²) in [5.41, 5.74) is -0.512. The Hall–Kier alpha value is -0.180. The topological polar surface area (TPSA) is 74.8 Å². The highest BCUT2D eigenvalue weighted by Gasteiger charge is 2.33. The molecule has 0 aromatic carbocycles. The molecule has 0 N–H and O–H groups in total. The van der Waals surface area contributed by atoms with Gasteiger partial charge < -0.3 is 0 Å². The summed E-state index contributed by atoms with van der Waals surface area (Å²) < 4.78 is 48.2. The normalized spacial score (nSPS) is 15.6. The minimum Gasteiger partial charge on any atom is -0.287 e. The maximum absolute atomic E-state index is 11.8. The molecule has 0 spiro atoms. The van der Waals surface area contributed by atoms with Gasteiger partial charge in [0, 0.05) is 31.4 Å². The maximum atomic E-state index is 11.8. The second-order valence-corrected chi connectivity index (χ2v) is 11.6. The SMILES string of the molecule is CC[C@@H](CN(CS(C)(=O)=O)C(C)C)CC(C)(C)N(C)S(C)(=O)=O. The Balaban J connectivity index is 5.14. The van der Waals surface area contributed by atoms with Crippen LogP contribution < -0.4 is 0 Å². The molecule has 8 heteroatoms. The summed E-state index contributed by atoms with van der Waals surface area (Å²) in [6.45, 7) is 10.5. The Kier molecular flexibility index (Phi) is 8.20. The third-order valence-corrected chi connectivity index (χ3v) is 6.63. The molecule has 0 aromatic rings. The van der Waals surface area contributed by atoms with Crippen molar-refractivity contribution in [1.82, 2.24) is 9.21 Å². The molecule has 0 bridgehead atoms. The van der Waals surface area contributed by atoms with Crippen molar-refractivity contribution in [2.45, 2.75) is 59.0 Å². The average molecular weight is 371 g/mol. The van der Waals surface area contributed by atoms with E-state index < -0.39 is 25.4 Å². The lowest BCUT2D eigenvalue weighted by Crippen LogP contribution is -2.47. The number of rotatable bonds is 10. The molecular weight excluding hydrogens is 336 g/mol. The number of hydrogen-bond donors (Lipinski definition) is 0. The van der Waals surface area contributed by atoms with E-state index in [1.807, 2.05) is 32.6 Å². The van der Waals surface area contributed by atoms with E-state index in [-0.39, 0.29) is 17.8 Å². The molecule has 0 radical (unpaired) electrons. The highest BCUT2D eigenvalue weighted by Crippen LogP contribution is 2.27. The van der Waals surface area contributed by atoms with Crippen LogP contribution in [-0.2, 0) is 19.9 Å². The van der Waals surface area contributed by atoms with Gasteiger partial charge in [0.05, 0.1) is 6.26 Å². The van der Waals surface area contributed by atoms with Crippen LogP contribution in [0.2, 0.25) is 0 Å². The molecule has 0 amide bonds. The van der Waals surface area contributed by atoms with E-state index in [0.29, 0.717) is 13.0 Å². The lowest BCUT2D eigenvalue weighted by molar-refractivity contribution is 0.156. The first-order valence-corrected chi connectivity index (χ1v) is 11.9. The number of hydrogen-bond acceptors (Lipinski definition) is 5. The highest BCUT2D eigenvalue weighted by atomic mass is 32.2. The number of sulfone groups is 1. The van der Waals surface area contributed by atoms with Crippen molar-refractivity contribution in [3.8, 4) is 0 Å². The minimum atomic E-state index is -3.26. The smallest absolute Gasteiger partial charge is 0.211 e. The molecule has 140 valence electrons. The molecule has 0 aliphatic rings. The fourth-order valence-corrected chi connectivity index (χ4v) is 4.65. The van der Waals surface area contributed by atoms with Gasteiger partial charge in [-0.2, -0.15) is 4.31 Å². The lowest BCUT2D eigenvalue weighted by Gasteiger charge is -2.38. The molecule has 0 saturated heterocycles. The van der Waals surface area contributed by atoms with Crippen molar-refractivity contribution < 1.29 is 16.8 Å². The first-order chi connectivity index (χ1) is 10.1. The quantitative estimate of drug-likeness (QED) is 0.586. The fraction of sp³-hybridized carbons (Fsp3) is 1.00. The molecule has 0 unspecified atom stereocenters. The summed E-state index contributed by atoms with van der Waals surface area (Å²) in [7, 11) is -4.75. The molecule has 0 heterocycles. The zero-order valence-electron chi connectivity index (χ0n) is 15.8. The van der Waals surface area contributed by atoms with Crippen LogP contribution in [0.15, 0.2) is 0 Å². The predicted molar refractivity (Wildman–Crippen MR) is 96.6 cm³/mol. The van der Waals surface area contributed by atoms with E-state index >= 15 is 0 Å². The maximum Gasteiger partial charge on any atom is 0.211 e. The molecule has 0 fully saturated rings. The molecule has 1 atom stereocenters. The van der Waals surface area contributed by atoms with Gasteiger partial charge in [-0.3, -0.25) is 4.90 Å². The second kappa shape index (κ2) is 8.27. The van der Waals surface area contributed by atoms with Crippen molar-refractivity contribution in [3.05, 3.63) is 0 Å². The second-order valence-electron chi connectivity index (χ2n) is 7.44. The van der Waals surface area contributed by atoms with E-state index in [0.717, 1.165) is 6.42 Å². The van der Waals surface area contributed by atoms with E-state index in [4.69, 9.17) is 0 Å². The molecule has 0 aliphatic heterocycles. The monoisotopic (exact) mass is 370 g/mol. The van der Waals surface area contributed by atoms with Crippen molar-refractivity contribution in [2.75, 3.05) is 32.0 Å². The van der Waals surface area contributed by atoms with E-state index in [9.17, 15) is 16.8 Å². The van der Waals surface area contributed by atoms with Crippen LogP contribution in [0.5, 0.6) is 0 Å². The van der Waals surface area contributed by atoms with Crippen LogP contribution in [0, 0.1) is 5.92 Å². The fourth-order valence-electron chi connectivity index (χ4n) is 2.67. The standard InChI is InChI=1S/C15H34N2O4S2/c1-9-14(10-15(4,5)16(6)23(8,20)21)11-17(13(2)3)12-22(7,18)19/h13-14H,9-12H2,1-8H3/t14-/m1/s1. The van der Waals surface area contributed by atoms with Gasteiger partial charge in [0.1, 0.15) is 5.88 Å². The predicted octanol–water partition coefficient (Wildman–Crippen LogP) is 1.79. The van der Waals surface area contributed by atoms with Crippen molar-refractivity contribution in [2.24, 2.45) is 5.92 Å². The number of sulfonamides is 1. The van der Waals surface area contributed by atoms with Gasteiger partial charge in [-0.25, -0.2) is 16.8 Å². The Labute approximate surface area is 143 Å². The first kappa shape index (κ1) is 22.8. The molecule has 0 aromatic heterocycles. The van der Waals surface area contributed by atoms with E-state index in [2.05, 4.69) is 6.92 Å². The van der Waals surface area contributed by atoms with Gasteiger partial charge in [-0.15, -0.1) is 0 Å². The zero-order valence-corrected chi connectivity index (χ0v) is 17.5. The Morgan fingerprint density at radius 3 is 1.83 bits per heavy atom. The van der Waals surface area contributed by atoms with Gasteiger partial charge in [0.2, 0.25) is 10.0 Å². The van der Waals surface area contributed by atoms with Crippen molar-refractivity contribution in [1.29, 1.82) is 0 Å². The summed E-state index contributed by atoms with van der Waals surface area (Å²) >= 11 is 0. The molecule has 23 heavy (non-hydrogen) atoms. The first-order valence-electron chi connectivity index (χ1n) is 7.96.